The van der Waals surface area contributed by atoms with E-state index in [4.69, 9.17) is 9.47 Å². The lowest BCUT2D eigenvalue weighted by Gasteiger charge is -2.11. The summed E-state index contributed by atoms with van der Waals surface area (Å²) in [6.45, 7) is 3.80. The third-order valence-corrected chi connectivity index (χ3v) is 4.39. The molecule has 25 heavy (non-hydrogen) atoms. The van der Waals surface area contributed by atoms with Gasteiger partial charge in [0, 0.05) is 10.0 Å². The van der Waals surface area contributed by atoms with E-state index in [2.05, 4.69) is 42.4 Å². The van der Waals surface area contributed by atoms with Crippen molar-refractivity contribution < 1.29 is 14.3 Å². The Bertz CT molecular complexity index is 784. The number of carbonyl (C=O) groups is 1. The summed E-state index contributed by atoms with van der Waals surface area (Å²) < 4.78 is 12.5. The van der Waals surface area contributed by atoms with Crippen LogP contribution in [0.5, 0.6) is 11.5 Å². The van der Waals surface area contributed by atoms with E-state index in [1.165, 1.54) is 6.21 Å². The van der Waals surface area contributed by atoms with Crippen molar-refractivity contribution in [1.29, 1.82) is 0 Å². The fraction of sp³-hybridized carbons (Fsp3) is 0.222. The maximum absolute atomic E-state index is 11.9. The van der Waals surface area contributed by atoms with Gasteiger partial charge in [-0.25, -0.2) is 5.43 Å². The van der Waals surface area contributed by atoms with Crippen molar-refractivity contribution in [3.8, 4) is 11.5 Å². The Balaban J connectivity index is 1.94. The van der Waals surface area contributed by atoms with E-state index in [0.717, 1.165) is 25.6 Å². The van der Waals surface area contributed by atoms with Gasteiger partial charge in [-0.3, -0.25) is 4.79 Å². The molecule has 1 amide bonds. The zero-order chi connectivity index (χ0) is 18.4. The first-order valence-corrected chi connectivity index (χ1v) is 9.04. The van der Waals surface area contributed by atoms with Crippen molar-refractivity contribution in [3.05, 3.63) is 56.0 Å². The maximum atomic E-state index is 11.9. The summed E-state index contributed by atoms with van der Waals surface area (Å²) in [6, 6.07) is 9.46. The van der Waals surface area contributed by atoms with Crippen LogP contribution in [0.2, 0.25) is 0 Å². The molecular formula is C18H18Br2N2O3. The zero-order valence-electron chi connectivity index (χ0n) is 14.1. The van der Waals surface area contributed by atoms with Gasteiger partial charge in [0.2, 0.25) is 0 Å². The molecule has 0 unspecified atom stereocenters. The van der Waals surface area contributed by atoms with Crippen molar-refractivity contribution in [2.24, 2.45) is 5.10 Å². The predicted octanol–water partition coefficient (Wildman–Crippen LogP) is 4.37. The molecular weight excluding hydrogens is 452 g/mol. The number of halogens is 2. The summed E-state index contributed by atoms with van der Waals surface area (Å²) >= 11 is 6.84. The second-order valence-corrected chi connectivity index (χ2v) is 7.13. The number of hydrazone groups is 1. The monoisotopic (exact) mass is 468 g/mol. The van der Waals surface area contributed by atoms with Gasteiger partial charge in [0.15, 0.2) is 6.61 Å². The molecule has 7 heteroatoms. The van der Waals surface area contributed by atoms with Gasteiger partial charge in [0.25, 0.3) is 5.91 Å². The molecule has 0 aliphatic carbocycles. The molecule has 2 aromatic rings. The van der Waals surface area contributed by atoms with Crippen molar-refractivity contribution in [1.82, 2.24) is 5.43 Å². The van der Waals surface area contributed by atoms with Gasteiger partial charge in [-0.2, -0.15) is 5.10 Å². The van der Waals surface area contributed by atoms with E-state index in [-0.39, 0.29) is 12.5 Å². The third kappa shape index (κ3) is 5.57. The molecule has 0 fully saturated rings. The van der Waals surface area contributed by atoms with Gasteiger partial charge in [-0.15, -0.1) is 0 Å². The van der Waals surface area contributed by atoms with Crippen LogP contribution in [0.1, 0.15) is 16.7 Å². The summed E-state index contributed by atoms with van der Waals surface area (Å²) in [7, 11) is 1.58. The van der Waals surface area contributed by atoms with Gasteiger partial charge in [-0.05, 0) is 65.2 Å². The molecule has 0 saturated heterocycles. The summed E-state index contributed by atoms with van der Waals surface area (Å²) in [6.07, 6.45) is 1.52. The lowest BCUT2D eigenvalue weighted by molar-refractivity contribution is -0.123. The standard InChI is InChI=1S/C18H18Br2N2O3/c1-11-6-12(2)18(15(20)7-11)25-10-17(23)22-21-9-13-8-14(19)4-5-16(13)24-3/h4-9H,10H2,1-3H3,(H,22,23)/b21-9+. The van der Waals surface area contributed by atoms with Crippen LogP contribution in [0.15, 0.2) is 44.4 Å². The molecule has 0 spiro atoms. The second-order valence-electron chi connectivity index (χ2n) is 5.36. The van der Waals surface area contributed by atoms with Gasteiger partial charge in [0.05, 0.1) is 17.8 Å². The van der Waals surface area contributed by atoms with E-state index in [0.29, 0.717) is 11.5 Å². The van der Waals surface area contributed by atoms with Gasteiger partial charge in [0.1, 0.15) is 11.5 Å². The molecule has 0 atom stereocenters. The second kappa shape index (κ2) is 9.01. The largest absolute Gasteiger partial charge is 0.496 e. The van der Waals surface area contributed by atoms with Crippen LogP contribution in [0.25, 0.3) is 0 Å². The van der Waals surface area contributed by atoms with Crippen LogP contribution in [0.3, 0.4) is 0 Å². The number of aryl methyl sites for hydroxylation is 2. The normalized spacial score (nSPS) is 10.8. The van der Waals surface area contributed by atoms with Crippen molar-refractivity contribution in [2.75, 3.05) is 13.7 Å². The SMILES string of the molecule is COc1ccc(Br)cc1/C=N/NC(=O)COc1c(C)cc(C)cc1Br. The van der Waals surface area contributed by atoms with E-state index >= 15 is 0 Å². The number of nitrogens with zero attached hydrogens (tertiary/aromatic N) is 1. The lowest BCUT2D eigenvalue weighted by Crippen LogP contribution is -2.24. The highest BCUT2D eigenvalue weighted by Gasteiger charge is 2.09. The van der Waals surface area contributed by atoms with Crippen LogP contribution in [-0.4, -0.2) is 25.8 Å². The average Bonchev–Trinajstić information content (AvgIpc) is 2.54. The minimum absolute atomic E-state index is 0.130. The molecule has 0 aliphatic rings. The molecule has 0 heterocycles. The number of hydrogen-bond donors (Lipinski definition) is 1. The highest BCUT2D eigenvalue weighted by molar-refractivity contribution is 9.10. The highest BCUT2D eigenvalue weighted by atomic mass is 79.9. The average molecular weight is 470 g/mol. The quantitative estimate of drug-likeness (QED) is 0.504. The van der Waals surface area contributed by atoms with Crippen LogP contribution in [0.4, 0.5) is 0 Å². The number of rotatable bonds is 6. The van der Waals surface area contributed by atoms with E-state index in [1.807, 2.05) is 44.2 Å². The van der Waals surface area contributed by atoms with Crippen molar-refractivity contribution in [3.63, 3.8) is 0 Å². The maximum Gasteiger partial charge on any atom is 0.277 e. The number of nitrogens with one attached hydrogen (secondary N) is 1. The van der Waals surface area contributed by atoms with Crippen LogP contribution < -0.4 is 14.9 Å². The third-order valence-electron chi connectivity index (χ3n) is 3.31. The van der Waals surface area contributed by atoms with Crippen LogP contribution in [0, 0.1) is 13.8 Å². The number of carbonyl (C=O) groups excluding carboxylic acids is 1. The zero-order valence-corrected chi connectivity index (χ0v) is 17.3. The molecule has 0 radical (unpaired) electrons. The Hall–Kier alpha value is -1.86. The number of methoxy groups -OCH3 is 1. The first-order chi connectivity index (χ1) is 11.9. The Kier molecular flexibility index (Phi) is 7.01. The van der Waals surface area contributed by atoms with E-state index in [1.54, 1.807) is 7.11 Å². The van der Waals surface area contributed by atoms with E-state index < -0.39 is 0 Å². The van der Waals surface area contributed by atoms with E-state index in [9.17, 15) is 4.79 Å². The van der Waals surface area contributed by atoms with Crippen LogP contribution >= 0.6 is 31.9 Å². The summed E-state index contributed by atoms with van der Waals surface area (Å²) in [5, 5.41) is 3.95. The predicted molar refractivity (Wildman–Crippen MR) is 106 cm³/mol. The summed E-state index contributed by atoms with van der Waals surface area (Å²) in [5.41, 5.74) is 5.27. The summed E-state index contributed by atoms with van der Waals surface area (Å²) in [5.74, 6) is 0.965. The molecule has 0 aromatic heterocycles. The molecule has 2 rings (SSSR count). The Morgan fingerprint density at radius 1 is 1.24 bits per heavy atom. The smallest absolute Gasteiger partial charge is 0.277 e. The molecule has 0 aliphatic heterocycles. The van der Waals surface area contributed by atoms with Gasteiger partial charge >= 0.3 is 0 Å². The fourth-order valence-corrected chi connectivity index (χ4v) is 3.40. The first kappa shape index (κ1) is 19.5. The number of ether oxygens (including phenoxy) is 2. The molecule has 5 nitrogen and oxygen atoms in total. The topological polar surface area (TPSA) is 59.9 Å². The molecule has 132 valence electrons. The van der Waals surface area contributed by atoms with Crippen molar-refractivity contribution in [2.45, 2.75) is 13.8 Å². The van der Waals surface area contributed by atoms with Gasteiger partial charge < -0.3 is 9.47 Å². The van der Waals surface area contributed by atoms with Crippen molar-refractivity contribution >= 4 is 44.0 Å². The van der Waals surface area contributed by atoms with Crippen LogP contribution in [-0.2, 0) is 4.79 Å². The Labute approximate surface area is 163 Å². The first-order valence-electron chi connectivity index (χ1n) is 7.45. The minimum Gasteiger partial charge on any atom is -0.496 e. The molecule has 1 N–H and O–H groups in total. The Morgan fingerprint density at radius 2 is 2.00 bits per heavy atom. The summed E-state index contributed by atoms with van der Waals surface area (Å²) in [4.78, 5) is 11.9. The van der Waals surface area contributed by atoms with Gasteiger partial charge in [-0.1, -0.05) is 22.0 Å². The lowest BCUT2D eigenvalue weighted by atomic mass is 10.1. The highest BCUT2D eigenvalue weighted by Crippen LogP contribution is 2.30. The Morgan fingerprint density at radius 3 is 2.68 bits per heavy atom. The number of hydrogen-bond acceptors (Lipinski definition) is 4. The minimum atomic E-state index is -0.350. The molecule has 0 saturated carbocycles. The molecule has 2 aromatic carbocycles. The molecule has 0 bridgehead atoms. The number of benzene rings is 2. The fourth-order valence-electron chi connectivity index (χ4n) is 2.24. The number of amides is 1.